The van der Waals surface area contributed by atoms with Crippen LogP contribution in [-0.4, -0.2) is 36.7 Å². The number of benzene rings is 2. The lowest BCUT2D eigenvalue weighted by Crippen LogP contribution is -2.20. The van der Waals surface area contributed by atoms with E-state index in [1.165, 1.54) is 14.2 Å². The molecule has 1 heterocycles. The van der Waals surface area contributed by atoms with E-state index in [0.717, 1.165) is 0 Å². The van der Waals surface area contributed by atoms with E-state index in [-0.39, 0.29) is 35.5 Å². The van der Waals surface area contributed by atoms with Crippen LogP contribution in [0, 0.1) is 11.3 Å². The number of rotatable bonds is 7. The number of nitrogens with one attached hydrogen (secondary N) is 1. The molecule has 0 fully saturated rings. The monoisotopic (exact) mass is 420 g/mol. The number of ether oxygens (including phenoxy) is 3. The molecule has 0 aliphatic rings. The molecule has 158 valence electrons. The second-order valence-electron chi connectivity index (χ2n) is 6.21. The molecule has 3 rings (SSSR count). The molecular weight excluding hydrogens is 400 g/mol. The van der Waals surface area contributed by atoms with Crippen LogP contribution in [0.3, 0.4) is 0 Å². The van der Waals surface area contributed by atoms with Crippen LogP contribution in [0.5, 0.6) is 17.2 Å². The summed E-state index contributed by atoms with van der Waals surface area (Å²) in [7, 11) is 2.97. The van der Waals surface area contributed by atoms with Gasteiger partial charge in [0.1, 0.15) is 23.2 Å². The van der Waals surface area contributed by atoms with E-state index in [1.54, 1.807) is 42.5 Å². The van der Waals surface area contributed by atoms with Crippen molar-refractivity contribution in [3.63, 3.8) is 0 Å². The van der Waals surface area contributed by atoms with Gasteiger partial charge in [-0.2, -0.15) is 10.2 Å². The molecule has 31 heavy (non-hydrogen) atoms. The van der Waals surface area contributed by atoms with Gasteiger partial charge in [-0.15, -0.1) is 0 Å². The van der Waals surface area contributed by atoms with Crippen molar-refractivity contribution in [3.8, 4) is 34.6 Å². The Morgan fingerprint density at radius 2 is 1.81 bits per heavy atom. The van der Waals surface area contributed by atoms with Crippen LogP contribution < -0.4 is 31.0 Å². The third kappa shape index (κ3) is 4.73. The second-order valence-corrected chi connectivity index (χ2v) is 6.21. The largest absolute Gasteiger partial charge is 0.495 e. The van der Waals surface area contributed by atoms with Crippen molar-refractivity contribution in [1.29, 1.82) is 5.26 Å². The SMILES string of the molecule is COc1ccccc1NC(=O)COc1ccc(-c2nc(N)nc(N)c2C#N)cc1OC. The van der Waals surface area contributed by atoms with Crippen molar-refractivity contribution in [1.82, 2.24) is 9.97 Å². The topological polar surface area (TPSA) is 158 Å². The molecule has 3 aromatic rings. The number of hydrogen-bond donors (Lipinski definition) is 3. The Kier molecular flexibility index (Phi) is 6.37. The summed E-state index contributed by atoms with van der Waals surface area (Å²) >= 11 is 0. The van der Waals surface area contributed by atoms with Gasteiger partial charge in [0.25, 0.3) is 5.91 Å². The first-order valence-electron chi connectivity index (χ1n) is 9.04. The molecule has 5 N–H and O–H groups in total. The summed E-state index contributed by atoms with van der Waals surface area (Å²) in [6.07, 6.45) is 0. The zero-order valence-electron chi connectivity index (χ0n) is 16.9. The van der Waals surface area contributed by atoms with Crippen molar-refractivity contribution in [2.24, 2.45) is 0 Å². The van der Waals surface area contributed by atoms with Gasteiger partial charge in [0, 0.05) is 5.56 Å². The highest BCUT2D eigenvalue weighted by molar-refractivity contribution is 5.93. The number of nitriles is 1. The Balaban J connectivity index is 1.79. The van der Waals surface area contributed by atoms with Gasteiger partial charge >= 0.3 is 0 Å². The molecule has 0 radical (unpaired) electrons. The molecule has 0 atom stereocenters. The molecule has 0 saturated heterocycles. The lowest BCUT2D eigenvalue weighted by molar-refractivity contribution is -0.118. The van der Waals surface area contributed by atoms with Crippen LogP contribution in [0.25, 0.3) is 11.3 Å². The molecular formula is C21H20N6O4. The predicted molar refractivity (Wildman–Crippen MR) is 115 cm³/mol. The van der Waals surface area contributed by atoms with Crippen LogP contribution in [0.15, 0.2) is 42.5 Å². The molecule has 1 amide bonds. The van der Waals surface area contributed by atoms with Gasteiger partial charge in [0.05, 0.1) is 25.6 Å². The van der Waals surface area contributed by atoms with Crippen molar-refractivity contribution >= 4 is 23.4 Å². The van der Waals surface area contributed by atoms with Gasteiger partial charge in [-0.3, -0.25) is 4.79 Å². The van der Waals surface area contributed by atoms with Crippen molar-refractivity contribution < 1.29 is 19.0 Å². The van der Waals surface area contributed by atoms with Gasteiger partial charge in [-0.1, -0.05) is 12.1 Å². The highest BCUT2D eigenvalue weighted by Gasteiger charge is 2.16. The summed E-state index contributed by atoms with van der Waals surface area (Å²) < 4.78 is 16.2. The standard InChI is InChI=1S/C21H20N6O4/c1-29-15-6-4-3-5-14(15)25-18(28)11-31-16-8-7-12(9-17(16)30-2)19-13(10-22)20(23)27-21(24)26-19/h3-9H,11H2,1-2H3,(H,25,28)(H4,23,24,26,27). The molecule has 0 aliphatic heterocycles. The van der Waals surface area contributed by atoms with E-state index in [2.05, 4.69) is 15.3 Å². The van der Waals surface area contributed by atoms with E-state index in [9.17, 15) is 10.1 Å². The van der Waals surface area contributed by atoms with Crippen LogP contribution in [0.1, 0.15) is 5.56 Å². The van der Waals surface area contributed by atoms with Crippen LogP contribution in [0.4, 0.5) is 17.5 Å². The first-order chi connectivity index (χ1) is 15.0. The molecule has 0 spiro atoms. The number of hydrogen-bond acceptors (Lipinski definition) is 9. The third-order valence-corrected chi connectivity index (χ3v) is 4.24. The Hall–Kier alpha value is -4.52. The molecule has 2 aromatic carbocycles. The van der Waals surface area contributed by atoms with Crippen molar-refractivity contribution in [2.75, 3.05) is 37.6 Å². The summed E-state index contributed by atoms with van der Waals surface area (Å²) in [4.78, 5) is 20.2. The van der Waals surface area contributed by atoms with Crippen LogP contribution in [-0.2, 0) is 4.79 Å². The molecule has 10 nitrogen and oxygen atoms in total. The Bertz CT molecular complexity index is 1160. The van der Waals surface area contributed by atoms with E-state index in [1.807, 2.05) is 6.07 Å². The Labute approximate surface area is 178 Å². The maximum Gasteiger partial charge on any atom is 0.262 e. The maximum absolute atomic E-state index is 12.3. The van der Waals surface area contributed by atoms with Crippen molar-refractivity contribution in [2.45, 2.75) is 0 Å². The molecule has 10 heteroatoms. The zero-order valence-corrected chi connectivity index (χ0v) is 16.9. The number of methoxy groups -OCH3 is 2. The van der Waals surface area contributed by atoms with Crippen LogP contribution in [0.2, 0.25) is 0 Å². The van der Waals surface area contributed by atoms with E-state index in [4.69, 9.17) is 25.7 Å². The summed E-state index contributed by atoms with van der Waals surface area (Å²) in [6, 6.07) is 13.9. The molecule has 0 aliphatic carbocycles. The maximum atomic E-state index is 12.3. The van der Waals surface area contributed by atoms with E-state index in [0.29, 0.717) is 28.5 Å². The summed E-state index contributed by atoms with van der Waals surface area (Å²) in [5.74, 6) is 0.751. The number of amides is 1. The quantitative estimate of drug-likeness (QED) is 0.521. The zero-order chi connectivity index (χ0) is 22.4. The highest BCUT2D eigenvalue weighted by Crippen LogP contribution is 2.34. The first-order valence-corrected chi connectivity index (χ1v) is 9.04. The smallest absolute Gasteiger partial charge is 0.262 e. The average molecular weight is 420 g/mol. The number of carbonyl (C=O) groups excluding carboxylic acids is 1. The fourth-order valence-corrected chi connectivity index (χ4v) is 2.83. The summed E-state index contributed by atoms with van der Waals surface area (Å²) in [5.41, 5.74) is 12.9. The number of nitrogens with two attached hydrogens (primary N) is 2. The number of para-hydroxylation sites is 2. The van der Waals surface area contributed by atoms with E-state index < -0.39 is 0 Å². The van der Waals surface area contributed by atoms with Crippen molar-refractivity contribution in [3.05, 3.63) is 48.0 Å². The van der Waals surface area contributed by atoms with Gasteiger partial charge in [-0.05, 0) is 30.3 Å². The number of nitrogens with zero attached hydrogens (tertiary/aromatic N) is 3. The lowest BCUT2D eigenvalue weighted by atomic mass is 10.1. The van der Waals surface area contributed by atoms with Gasteiger partial charge in [0.15, 0.2) is 18.1 Å². The molecule has 0 unspecified atom stereocenters. The Morgan fingerprint density at radius 1 is 1.06 bits per heavy atom. The van der Waals surface area contributed by atoms with Gasteiger partial charge in [-0.25, -0.2) is 4.98 Å². The number of anilines is 3. The van der Waals surface area contributed by atoms with E-state index >= 15 is 0 Å². The number of nitrogen functional groups attached to an aromatic ring is 2. The summed E-state index contributed by atoms with van der Waals surface area (Å²) in [6.45, 7) is -0.259. The average Bonchev–Trinajstić information content (AvgIpc) is 2.77. The minimum absolute atomic E-state index is 0.0164. The summed E-state index contributed by atoms with van der Waals surface area (Å²) in [5, 5.41) is 12.1. The fourth-order valence-electron chi connectivity index (χ4n) is 2.83. The van der Waals surface area contributed by atoms with Gasteiger partial charge in [0.2, 0.25) is 5.95 Å². The normalized spacial score (nSPS) is 10.1. The molecule has 0 saturated carbocycles. The first kappa shape index (κ1) is 21.2. The predicted octanol–water partition coefficient (Wildman–Crippen LogP) is 2.21. The minimum Gasteiger partial charge on any atom is -0.495 e. The number of aromatic nitrogens is 2. The third-order valence-electron chi connectivity index (χ3n) is 4.24. The fraction of sp³-hybridized carbons (Fsp3) is 0.143. The van der Waals surface area contributed by atoms with Gasteiger partial charge < -0.3 is 31.0 Å². The lowest BCUT2D eigenvalue weighted by Gasteiger charge is -2.14. The minimum atomic E-state index is -0.376. The molecule has 0 bridgehead atoms. The second kappa shape index (κ2) is 9.32. The molecule has 1 aromatic heterocycles. The number of carbonyl (C=O) groups is 1. The van der Waals surface area contributed by atoms with Crippen LogP contribution >= 0.6 is 0 Å². The Morgan fingerprint density at radius 3 is 2.52 bits per heavy atom. The highest BCUT2D eigenvalue weighted by atomic mass is 16.5.